The second kappa shape index (κ2) is 7.46. The Morgan fingerprint density at radius 3 is 2.38 bits per heavy atom. The first-order valence-corrected chi connectivity index (χ1v) is 7.71. The zero-order valence-corrected chi connectivity index (χ0v) is 13.4. The molecule has 3 rings (SSSR count). The highest BCUT2D eigenvalue weighted by Gasteiger charge is 2.16. The zero-order chi connectivity index (χ0) is 16.8. The van der Waals surface area contributed by atoms with Crippen molar-refractivity contribution in [1.82, 2.24) is 9.78 Å². The van der Waals surface area contributed by atoms with Crippen molar-refractivity contribution < 1.29 is 14.3 Å². The minimum Gasteiger partial charge on any atom is -0.490 e. The summed E-state index contributed by atoms with van der Waals surface area (Å²) in [5.41, 5.74) is 2.11. The normalized spacial score (nSPS) is 10.4. The molecule has 0 amide bonds. The SMILES string of the molecule is Cc1c(C(=O)OCCOc2ccccc2)cnn1-c1ccccc1. The number of benzene rings is 2. The van der Waals surface area contributed by atoms with E-state index in [2.05, 4.69) is 5.10 Å². The van der Waals surface area contributed by atoms with Crippen LogP contribution in [0.1, 0.15) is 16.1 Å². The van der Waals surface area contributed by atoms with E-state index in [-0.39, 0.29) is 6.61 Å². The van der Waals surface area contributed by atoms with Gasteiger partial charge in [-0.2, -0.15) is 5.10 Å². The van der Waals surface area contributed by atoms with Crippen LogP contribution < -0.4 is 4.74 Å². The van der Waals surface area contributed by atoms with Crippen molar-refractivity contribution in [1.29, 1.82) is 0 Å². The second-order valence-electron chi connectivity index (χ2n) is 5.19. The van der Waals surface area contributed by atoms with Crippen molar-refractivity contribution >= 4 is 5.97 Å². The second-order valence-corrected chi connectivity index (χ2v) is 5.19. The largest absolute Gasteiger partial charge is 0.490 e. The summed E-state index contributed by atoms with van der Waals surface area (Å²) in [7, 11) is 0. The van der Waals surface area contributed by atoms with Gasteiger partial charge in [0.1, 0.15) is 24.5 Å². The lowest BCUT2D eigenvalue weighted by Crippen LogP contribution is -2.13. The van der Waals surface area contributed by atoms with Crippen molar-refractivity contribution in [2.24, 2.45) is 0 Å². The van der Waals surface area contributed by atoms with Crippen molar-refractivity contribution in [3.05, 3.63) is 78.1 Å². The Bertz CT molecular complexity index is 798. The molecule has 0 unspecified atom stereocenters. The molecule has 1 aromatic heterocycles. The minimum atomic E-state index is -0.397. The number of hydrogen-bond acceptors (Lipinski definition) is 4. The van der Waals surface area contributed by atoms with Crippen molar-refractivity contribution in [3.63, 3.8) is 0 Å². The third-order valence-corrected chi connectivity index (χ3v) is 3.56. The molecule has 24 heavy (non-hydrogen) atoms. The third kappa shape index (κ3) is 3.63. The lowest BCUT2D eigenvalue weighted by molar-refractivity contribution is 0.0449. The van der Waals surface area contributed by atoms with Gasteiger partial charge in [-0.3, -0.25) is 0 Å². The maximum Gasteiger partial charge on any atom is 0.341 e. The van der Waals surface area contributed by atoms with Crippen molar-refractivity contribution in [2.45, 2.75) is 6.92 Å². The van der Waals surface area contributed by atoms with Crippen LogP contribution in [0, 0.1) is 6.92 Å². The highest BCUT2D eigenvalue weighted by Crippen LogP contribution is 2.15. The fourth-order valence-electron chi connectivity index (χ4n) is 2.33. The molecule has 5 heteroatoms. The van der Waals surface area contributed by atoms with Gasteiger partial charge in [-0.1, -0.05) is 36.4 Å². The van der Waals surface area contributed by atoms with Crippen LogP contribution in [-0.4, -0.2) is 29.0 Å². The van der Waals surface area contributed by atoms with E-state index in [9.17, 15) is 4.79 Å². The molecule has 0 radical (unpaired) electrons. The van der Waals surface area contributed by atoms with Gasteiger partial charge >= 0.3 is 5.97 Å². The number of carbonyl (C=O) groups excluding carboxylic acids is 1. The number of ether oxygens (including phenoxy) is 2. The van der Waals surface area contributed by atoms with Gasteiger partial charge in [0.25, 0.3) is 0 Å². The molecule has 0 aliphatic carbocycles. The molecule has 0 spiro atoms. The summed E-state index contributed by atoms with van der Waals surface area (Å²) in [6, 6.07) is 19.1. The quantitative estimate of drug-likeness (QED) is 0.515. The standard InChI is InChI=1S/C19H18N2O3/c1-15-18(14-20-21(15)16-8-4-2-5-9-16)19(22)24-13-12-23-17-10-6-3-7-11-17/h2-11,14H,12-13H2,1H3. The van der Waals surface area contributed by atoms with Gasteiger partial charge < -0.3 is 9.47 Å². The van der Waals surface area contributed by atoms with Crippen LogP contribution in [0.4, 0.5) is 0 Å². The summed E-state index contributed by atoms with van der Waals surface area (Å²) in [6.07, 6.45) is 1.53. The lowest BCUT2D eigenvalue weighted by atomic mass is 10.2. The Morgan fingerprint density at radius 1 is 1.00 bits per heavy atom. The summed E-state index contributed by atoms with van der Waals surface area (Å²) < 4.78 is 12.5. The predicted octanol–water partition coefficient (Wildman–Crippen LogP) is 3.42. The Hall–Kier alpha value is -3.08. The van der Waals surface area contributed by atoms with Crippen LogP contribution in [0.5, 0.6) is 5.75 Å². The van der Waals surface area contributed by atoms with Crippen LogP contribution in [0.25, 0.3) is 5.69 Å². The Balaban J connectivity index is 1.57. The van der Waals surface area contributed by atoms with E-state index in [0.29, 0.717) is 12.2 Å². The Labute approximate surface area is 140 Å². The number of rotatable bonds is 6. The van der Waals surface area contributed by atoms with E-state index in [1.807, 2.05) is 67.6 Å². The lowest BCUT2D eigenvalue weighted by Gasteiger charge is -2.07. The van der Waals surface area contributed by atoms with E-state index < -0.39 is 5.97 Å². The average molecular weight is 322 g/mol. The fourth-order valence-corrected chi connectivity index (χ4v) is 2.33. The van der Waals surface area contributed by atoms with Crippen LogP contribution in [0.3, 0.4) is 0 Å². The number of hydrogen-bond donors (Lipinski definition) is 0. The van der Waals surface area contributed by atoms with Crippen molar-refractivity contribution in [2.75, 3.05) is 13.2 Å². The third-order valence-electron chi connectivity index (χ3n) is 3.56. The van der Waals surface area contributed by atoms with Gasteiger partial charge in [0.15, 0.2) is 0 Å². The topological polar surface area (TPSA) is 53.4 Å². The summed E-state index contributed by atoms with van der Waals surface area (Å²) in [5, 5.41) is 4.27. The molecule has 0 saturated heterocycles. The van der Waals surface area contributed by atoms with Crippen molar-refractivity contribution in [3.8, 4) is 11.4 Å². The Morgan fingerprint density at radius 2 is 1.67 bits per heavy atom. The highest BCUT2D eigenvalue weighted by atomic mass is 16.6. The van der Waals surface area contributed by atoms with E-state index in [1.54, 1.807) is 4.68 Å². The summed E-state index contributed by atoms with van der Waals surface area (Å²) >= 11 is 0. The number of nitrogens with zero attached hydrogens (tertiary/aromatic N) is 2. The number of para-hydroxylation sites is 2. The molecule has 2 aromatic carbocycles. The van der Waals surface area contributed by atoms with Gasteiger partial charge in [0.2, 0.25) is 0 Å². The molecular formula is C19H18N2O3. The summed E-state index contributed by atoms with van der Waals surface area (Å²) in [6.45, 7) is 2.34. The molecule has 0 bridgehead atoms. The average Bonchev–Trinajstić information content (AvgIpc) is 3.02. The van der Waals surface area contributed by atoms with E-state index in [4.69, 9.17) is 9.47 Å². The molecule has 5 nitrogen and oxygen atoms in total. The van der Waals surface area contributed by atoms with Crippen LogP contribution in [-0.2, 0) is 4.74 Å². The summed E-state index contributed by atoms with van der Waals surface area (Å²) in [5.74, 6) is 0.355. The first-order chi connectivity index (χ1) is 11.8. The first kappa shape index (κ1) is 15.8. The van der Waals surface area contributed by atoms with Gasteiger partial charge in [-0.05, 0) is 31.2 Å². The smallest absolute Gasteiger partial charge is 0.341 e. The Kier molecular flexibility index (Phi) is 4.91. The van der Waals surface area contributed by atoms with E-state index >= 15 is 0 Å². The maximum atomic E-state index is 12.2. The molecule has 0 fully saturated rings. The fraction of sp³-hybridized carbons (Fsp3) is 0.158. The van der Waals surface area contributed by atoms with Gasteiger partial charge in [0, 0.05) is 0 Å². The van der Waals surface area contributed by atoms with Gasteiger partial charge in [-0.15, -0.1) is 0 Å². The molecule has 0 N–H and O–H groups in total. The molecule has 0 atom stereocenters. The molecule has 0 aliphatic rings. The molecule has 1 heterocycles. The zero-order valence-electron chi connectivity index (χ0n) is 13.4. The van der Waals surface area contributed by atoms with Gasteiger partial charge in [-0.25, -0.2) is 9.48 Å². The predicted molar refractivity (Wildman–Crippen MR) is 90.5 cm³/mol. The van der Waals surface area contributed by atoms with Crippen LogP contribution in [0.2, 0.25) is 0 Å². The molecule has 0 saturated carbocycles. The molecule has 0 aliphatic heterocycles. The number of aromatic nitrogens is 2. The molecular weight excluding hydrogens is 304 g/mol. The number of esters is 1. The van der Waals surface area contributed by atoms with Gasteiger partial charge in [0.05, 0.1) is 17.6 Å². The first-order valence-electron chi connectivity index (χ1n) is 7.71. The monoisotopic (exact) mass is 322 g/mol. The maximum absolute atomic E-state index is 12.2. The van der Waals surface area contributed by atoms with Crippen LogP contribution in [0.15, 0.2) is 66.9 Å². The van der Waals surface area contributed by atoms with E-state index in [1.165, 1.54) is 6.20 Å². The number of carbonyl (C=O) groups is 1. The highest BCUT2D eigenvalue weighted by molar-refractivity contribution is 5.90. The van der Waals surface area contributed by atoms with Crippen LogP contribution >= 0.6 is 0 Å². The summed E-state index contributed by atoms with van der Waals surface area (Å²) in [4.78, 5) is 12.2. The van der Waals surface area contributed by atoms with E-state index in [0.717, 1.165) is 17.1 Å². The minimum absolute atomic E-state index is 0.184. The molecule has 3 aromatic rings. The molecule has 122 valence electrons.